The van der Waals surface area contributed by atoms with Crippen LogP contribution in [0.25, 0.3) is 10.2 Å². The summed E-state index contributed by atoms with van der Waals surface area (Å²) in [6.07, 6.45) is 0.683. The van der Waals surface area contributed by atoms with Gasteiger partial charge in [-0.2, -0.15) is 0 Å². The van der Waals surface area contributed by atoms with Crippen LogP contribution in [0.5, 0.6) is 0 Å². The fraction of sp³-hybridized carbons (Fsp3) is 0.364. The molecule has 0 radical (unpaired) electrons. The molecule has 0 fully saturated rings. The molecule has 6 nitrogen and oxygen atoms in total. The summed E-state index contributed by atoms with van der Waals surface area (Å²) in [7, 11) is 0. The highest BCUT2D eigenvalue weighted by molar-refractivity contribution is 7.16. The summed E-state index contributed by atoms with van der Waals surface area (Å²) in [5, 5.41) is 23.3. The minimum Gasteiger partial charge on any atom is -0.394 e. The standard InChI is InChI=1S/C11H13N3O3S/c1-2-7(5-15)13-8-3-4-9-10(12-6-18-9)11(8)14(16)17/h3-4,6-7,13,15H,2,5H2,1H3. The highest BCUT2D eigenvalue weighted by atomic mass is 32.1. The highest BCUT2D eigenvalue weighted by Gasteiger charge is 2.21. The molecule has 1 atom stereocenters. The first-order valence-corrected chi connectivity index (χ1v) is 6.43. The fourth-order valence-corrected chi connectivity index (χ4v) is 2.39. The van der Waals surface area contributed by atoms with Crippen LogP contribution in [0.15, 0.2) is 17.6 Å². The molecule has 1 aromatic carbocycles. The molecule has 2 aromatic rings. The molecule has 1 heterocycles. The second-order valence-corrected chi connectivity index (χ2v) is 4.74. The van der Waals surface area contributed by atoms with Crippen molar-refractivity contribution in [2.45, 2.75) is 19.4 Å². The molecule has 0 aliphatic rings. The molecule has 7 heteroatoms. The molecule has 0 saturated heterocycles. The predicted molar refractivity (Wildman–Crippen MR) is 71.1 cm³/mol. The highest BCUT2D eigenvalue weighted by Crippen LogP contribution is 2.34. The van der Waals surface area contributed by atoms with Gasteiger partial charge in [0.1, 0.15) is 5.69 Å². The second kappa shape index (κ2) is 5.28. The molecular weight excluding hydrogens is 254 g/mol. The number of nitro benzene ring substituents is 1. The normalized spacial score (nSPS) is 12.6. The molecule has 0 amide bonds. The first-order valence-electron chi connectivity index (χ1n) is 5.55. The molecule has 0 aliphatic heterocycles. The van der Waals surface area contributed by atoms with E-state index in [2.05, 4.69) is 10.3 Å². The quantitative estimate of drug-likeness (QED) is 0.641. The summed E-state index contributed by atoms with van der Waals surface area (Å²) in [4.78, 5) is 14.8. The van der Waals surface area contributed by atoms with Gasteiger partial charge in [0.25, 0.3) is 0 Å². The lowest BCUT2D eigenvalue weighted by Gasteiger charge is -2.15. The Labute approximate surface area is 107 Å². The van der Waals surface area contributed by atoms with Crippen molar-refractivity contribution < 1.29 is 10.0 Å². The van der Waals surface area contributed by atoms with Crippen LogP contribution in [-0.2, 0) is 0 Å². The van der Waals surface area contributed by atoms with Gasteiger partial charge >= 0.3 is 5.69 Å². The molecule has 1 aromatic heterocycles. The van der Waals surface area contributed by atoms with Crippen LogP contribution in [0.2, 0.25) is 0 Å². The lowest BCUT2D eigenvalue weighted by molar-refractivity contribution is -0.382. The second-order valence-electron chi connectivity index (χ2n) is 3.85. The van der Waals surface area contributed by atoms with E-state index in [0.717, 1.165) is 4.70 Å². The topological polar surface area (TPSA) is 88.3 Å². The number of nitro groups is 1. The number of thiazole rings is 1. The Morgan fingerprint density at radius 3 is 3.00 bits per heavy atom. The van der Waals surface area contributed by atoms with Crippen molar-refractivity contribution in [2.75, 3.05) is 11.9 Å². The third kappa shape index (κ3) is 2.27. The summed E-state index contributed by atoms with van der Waals surface area (Å²) in [5.41, 5.74) is 2.35. The summed E-state index contributed by atoms with van der Waals surface area (Å²) >= 11 is 1.37. The average Bonchev–Trinajstić information content (AvgIpc) is 2.82. The Bertz CT molecular complexity index is 566. The van der Waals surface area contributed by atoms with E-state index in [4.69, 9.17) is 5.11 Å². The molecule has 2 rings (SSSR count). The van der Waals surface area contributed by atoms with Gasteiger partial charge in [0, 0.05) is 6.04 Å². The number of nitrogens with zero attached hydrogens (tertiary/aromatic N) is 2. The lowest BCUT2D eigenvalue weighted by atomic mass is 10.2. The van der Waals surface area contributed by atoms with E-state index in [0.29, 0.717) is 17.6 Å². The van der Waals surface area contributed by atoms with Gasteiger partial charge in [-0.3, -0.25) is 10.1 Å². The van der Waals surface area contributed by atoms with E-state index in [1.165, 1.54) is 11.3 Å². The zero-order valence-corrected chi connectivity index (χ0v) is 10.6. The third-order valence-corrected chi connectivity index (χ3v) is 3.53. The van der Waals surface area contributed by atoms with E-state index in [-0.39, 0.29) is 18.3 Å². The largest absolute Gasteiger partial charge is 0.394 e. The van der Waals surface area contributed by atoms with E-state index in [9.17, 15) is 10.1 Å². The van der Waals surface area contributed by atoms with Crippen LogP contribution in [0, 0.1) is 10.1 Å². The monoisotopic (exact) mass is 267 g/mol. The van der Waals surface area contributed by atoms with Crippen LogP contribution in [0.1, 0.15) is 13.3 Å². The first kappa shape index (κ1) is 12.7. The number of fused-ring (bicyclic) bond motifs is 1. The molecule has 1 unspecified atom stereocenters. The van der Waals surface area contributed by atoms with Gasteiger partial charge in [0.05, 0.1) is 21.7 Å². The molecule has 0 aliphatic carbocycles. The molecule has 2 N–H and O–H groups in total. The van der Waals surface area contributed by atoms with Crippen molar-refractivity contribution in [1.29, 1.82) is 0 Å². The number of aromatic nitrogens is 1. The molecule has 96 valence electrons. The molecule has 0 spiro atoms. The van der Waals surface area contributed by atoms with Crippen LogP contribution in [-0.4, -0.2) is 27.7 Å². The molecular formula is C11H13N3O3S. The number of rotatable bonds is 5. The maximum atomic E-state index is 11.2. The van der Waals surface area contributed by atoms with Gasteiger partial charge in [-0.05, 0) is 18.6 Å². The average molecular weight is 267 g/mol. The van der Waals surface area contributed by atoms with Crippen molar-refractivity contribution in [3.63, 3.8) is 0 Å². The third-order valence-electron chi connectivity index (χ3n) is 2.73. The fourth-order valence-electron chi connectivity index (χ4n) is 1.71. The Hall–Kier alpha value is -1.73. The maximum Gasteiger partial charge on any atom is 0.319 e. The zero-order chi connectivity index (χ0) is 13.1. The Balaban J connectivity index is 2.49. The number of nitrogens with one attached hydrogen (secondary N) is 1. The van der Waals surface area contributed by atoms with E-state index in [1.54, 1.807) is 17.6 Å². The first-order chi connectivity index (χ1) is 8.67. The minimum absolute atomic E-state index is 0.0272. The number of anilines is 1. The van der Waals surface area contributed by atoms with Crippen molar-refractivity contribution >= 4 is 32.9 Å². The molecule has 18 heavy (non-hydrogen) atoms. The van der Waals surface area contributed by atoms with Crippen LogP contribution in [0.4, 0.5) is 11.4 Å². The summed E-state index contributed by atoms with van der Waals surface area (Å²) in [6, 6.07) is 3.27. The van der Waals surface area contributed by atoms with Gasteiger partial charge in [-0.25, -0.2) is 4.98 Å². The smallest absolute Gasteiger partial charge is 0.319 e. The number of hydrogen-bond donors (Lipinski definition) is 2. The van der Waals surface area contributed by atoms with Gasteiger partial charge in [0.2, 0.25) is 0 Å². The molecule has 0 bridgehead atoms. The Morgan fingerprint density at radius 1 is 1.61 bits per heavy atom. The van der Waals surface area contributed by atoms with Crippen molar-refractivity contribution in [2.24, 2.45) is 0 Å². The van der Waals surface area contributed by atoms with Crippen LogP contribution < -0.4 is 5.32 Å². The van der Waals surface area contributed by atoms with E-state index < -0.39 is 4.92 Å². The number of aliphatic hydroxyl groups is 1. The minimum atomic E-state index is -0.436. The maximum absolute atomic E-state index is 11.2. The van der Waals surface area contributed by atoms with Gasteiger partial charge < -0.3 is 10.4 Å². The van der Waals surface area contributed by atoms with E-state index >= 15 is 0 Å². The molecule has 0 saturated carbocycles. The lowest BCUT2D eigenvalue weighted by Crippen LogP contribution is -2.23. The van der Waals surface area contributed by atoms with Crippen molar-refractivity contribution in [1.82, 2.24) is 4.98 Å². The SMILES string of the molecule is CCC(CO)Nc1ccc2scnc2c1[N+](=O)[O-]. The van der Waals surface area contributed by atoms with Gasteiger partial charge in [0.15, 0.2) is 5.52 Å². The van der Waals surface area contributed by atoms with Gasteiger partial charge in [-0.1, -0.05) is 6.92 Å². The summed E-state index contributed by atoms with van der Waals surface area (Å²) < 4.78 is 0.782. The summed E-state index contributed by atoms with van der Waals surface area (Å²) in [6.45, 7) is 1.84. The predicted octanol–water partition coefficient (Wildman–Crippen LogP) is 2.39. The zero-order valence-electron chi connectivity index (χ0n) is 9.79. The summed E-state index contributed by atoms with van der Waals surface area (Å²) in [5.74, 6) is 0. The van der Waals surface area contributed by atoms with Crippen LogP contribution >= 0.6 is 11.3 Å². The Morgan fingerprint density at radius 2 is 2.39 bits per heavy atom. The van der Waals surface area contributed by atoms with Gasteiger partial charge in [-0.15, -0.1) is 11.3 Å². The number of hydrogen-bond acceptors (Lipinski definition) is 6. The van der Waals surface area contributed by atoms with Crippen molar-refractivity contribution in [3.8, 4) is 0 Å². The van der Waals surface area contributed by atoms with Crippen molar-refractivity contribution in [3.05, 3.63) is 27.8 Å². The number of benzene rings is 1. The van der Waals surface area contributed by atoms with E-state index in [1.807, 2.05) is 6.92 Å². The Kier molecular flexibility index (Phi) is 3.73. The number of aliphatic hydroxyl groups excluding tert-OH is 1. The van der Waals surface area contributed by atoms with Crippen LogP contribution in [0.3, 0.4) is 0 Å².